The van der Waals surface area contributed by atoms with Gasteiger partial charge in [-0.3, -0.25) is 0 Å². The molecule has 0 fully saturated rings. The minimum atomic E-state index is 0.114. The Morgan fingerprint density at radius 1 is 1.36 bits per heavy atom. The van der Waals surface area contributed by atoms with Gasteiger partial charge in [0.15, 0.2) is 5.69 Å². The van der Waals surface area contributed by atoms with Crippen molar-refractivity contribution in [2.24, 2.45) is 10.2 Å². The van der Waals surface area contributed by atoms with E-state index in [0.717, 1.165) is 30.5 Å². The number of thiocarbonyl (C=S) groups is 1. The average Bonchev–Trinajstić information content (AvgIpc) is 2.90. The van der Waals surface area contributed by atoms with Gasteiger partial charge in [0.1, 0.15) is 0 Å². The van der Waals surface area contributed by atoms with Crippen LogP contribution in [0.2, 0.25) is 0 Å². The van der Waals surface area contributed by atoms with Gasteiger partial charge in [0, 0.05) is 25.0 Å². The second kappa shape index (κ2) is 9.29. The molecular weight excluding hydrogens is 334 g/mol. The van der Waals surface area contributed by atoms with Crippen molar-refractivity contribution in [1.82, 2.24) is 14.8 Å². The van der Waals surface area contributed by atoms with E-state index in [4.69, 9.17) is 12.2 Å². The van der Waals surface area contributed by atoms with E-state index in [1.165, 1.54) is 0 Å². The van der Waals surface area contributed by atoms with E-state index in [-0.39, 0.29) is 11.0 Å². The number of fused-ring (bicyclic) bond motifs is 1. The van der Waals surface area contributed by atoms with Crippen molar-refractivity contribution in [3.05, 3.63) is 36.9 Å². The monoisotopic (exact) mass is 359 g/mol. The van der Waals surface area contributed by atoms with Crippen LogP contribution in [0.25, 0.3) is 10.9 Å². The first-order chi connectivity index (χ1) is 12.1. The predicted octanol–water partition coefficient (Wildman–Crippen LogP) is 3.83. The Labute approximate surface area is 153 Å². The lowest BCUT2D eigenvalue weighted by molar-refractivity contribution is 0.285. The van der Waals surface area contributed by atoms with Crippen molar-refractivity contribution >= 4 is 33.9 Å². The minimum Gasteiger partial charge on any atom is -0.493 e. The number of para-hydroxylation sites is 1. The Morgan fingerprint density at radius 2 is 2.08 bits per heavy atom. The average molecular weight is 359 g/mol. The largest absolute Gasteiger partial charge is 0.493 e. The molecule has 0 aliphatic heterocycles. The molecule has 6 nitrogen and oxygen atoms in total. The molecule has 0 saturated carbocycles. The van der Waals surface area contributed by atoms with Crippen molar-refractivity contribution in [3.63, 3.8) is 0 Å². The van der Waals surface area contributed by atoms with Gasteiger partial charge < -0.3 is 19.9 Å². The Hall–Kier alpha value is -2.25. The number of aromatic nitrogens is 1. The van der Waals surface area contributed by atoms with Gasteiger partial charge >= 0.3 is 0 Å². The molecule has 0 aliphatic rings. The number of hydrogen-bond donors (Lipinski definition) is 2. The van der Waals surface area contributed by atoms with E-state index in [0.29, 0.717) is 18.8 Å². The highest BCUT2D eigenvalue weighted by Crippen LogP contribution is 2.38. The smallest absolute Gasteiger partial charge is 0.220 e. The summed E-state index contributed by atoms with van der Waals surface area (Å²) in [6, 6.07) is 7.78. The summed E-state index contributed by atoms with van der Waals surface area (Å²) in [6.45, 7) is 11.9. The second-order valence-corrected chi connectivity index (χ2v) is 5.93. The predicted molar refractivity (Wildman–Crippen MR) is 107 cm³/mol. The van der Waals surface area contributed by atoms with Gasteiger partial charge in [0.25, 0.3) is 0 Å². The molecule has 0 radical (unpaired) electrons. The summed E-state index contributed by atoms with van der Waals surface area (Å²) in [5.41, 5.74) is 1.38. The lowest BCUT2D eigenvalue weighted by Gasteiger charge is -2.18. The van der Waals surface area contributed by atoms with E-state index in [1.807, 2.05) is 28.8 Å². The molecule has 1 aromatic heterocycles. The quantitative estimate of drug-likeness (QED) is 0.427. The number of nitrogens with zero attached hydrogens (tertiary/aromatic N) is 4. The Kier molecular flexibility index (Phi) is 7.09. The summed E-state index contributed by atoms with van der Waals surface area (Å²) in [7, 11) is 0. The highest BCUT2D eigenvalue weighted by Gasteiger charge is 2.16. The van der Waals surface area contributed by atoms with Crippen molar-refractivity contribution in [3.8, 4) is 5.88 Å². The van der Waals surface area contributed by atoms with E-state index in [2.05, 4.69) is 40.9 Å². The maximum Gasteiger partial charge on any atom is 0.220 e. The van der Waals surface area contributed by atoms with E-state index >= 15 is 0 Å². The highest BCUT2D eigenvalue weighted by molar-refractivity contribution is 7.80. The first-order valence-electron chi connectivity index (χ1n) is 8.45. The van der Waals surface area contributed by atoms with Gasteiger partial charge in [-0.1, -0.05) is 38.1 Å². The molecule has 2 rings (SSSR count). The number of azo groups is 1. The third-order valence-corrected chi connectivity index (χ3v) is 4.32. The van der Waals surface area contributed by atoms with Crippen LogP contribution in [0.3, 0.4) is 0 Å². The summed E-state index contributed by atoms with van der Waals surface area (Å²) in [5.74, 6) is 0.114. The number of nitrogens with one attached hydrogen (secondary N) is 1. The molecule has 1 aromatic carbocycles. The summed E-state index contributed by atoms with van der Waals surface area (Å²) in [5, 5.41) is 22.9. The Bertz CT molecular complexity index is 764. The molecule has 0 unspecified atom stereocenters. The third-order valence-electron chi connectivity index (χ3n) is 4.09. The molecule has 25 heavy (non-hydrogen) atoms. The summed E-state index contributed by atoms with van der Waals surface area (Å²) in [6.07, 6.45) is 1.69. The fourth-order valence-electron chi connectivity index (χ4n) is 2.67. The number of likely N-dealkylation sites (N-methyl/N-ethyl adjacent to an activating group) is 1. The van der Waals surface area contributed by atoms with Gasteiger partial charge in [-0.25, -0.2) is 0 Å². The highest BCUT2D eigenvalue weighted by atomic mass is 32.1. The maximum atomic E-state index is 10.7. The van der Waals surface area contributed by atoms with Crippen LogP contribution in [-0.4, -0.2) is 45.9 Å². The molecule has 134 valence electrons. The number of benzene rings is 1. The maximum absolute atomic E-state index is 10.7. The van der Waals surface area contributed by atoms with Crippen LogP contribution in [-0.2, 0) is 6.54 Å². The fraction of sp³-hybridized carbons (Fsp3) is 0.389. The van der Waals surface area contributed by atoms with Crippen LogP contribution in [0.1, 0.15) is 13.8 Å². The summed E-state index contributed by atoms with van der Waals surface area (Å²) < 4.78 is 1.88. The Morgan fingerprint density at radius 3 is 2.76 bits per heavy atom. The van der Waals surface area contributed by atoms with Crippen molar-refractivity contribution in [2.45, 2.75) is 20.4 Å². The van der Waals surface area contributed by atoms with Gasteiger partial charge in [-0.2, -0.15) is 0 Å². The van der Waals surface area contributed by atoms with Crippen LogP contribution in [0.15, 0.2) is 47.1 Å². The summed E-state index contributed by atoms with van der Waals surface area (Å²) >= 11 is 5.09. The first kappa shape index (κ1) is 19.1. The second-order valence-electron chi connectivity index (χ2n) is 5.54. The van der Waals surface area contributed by atoms with Crippen LogP contribution in [0.4, 0.5) is 5.69 Å². The number of aromatic hydroxyl groups is 1. The molecule has 0 bridgehead atoms. The third kappa shape index (κ3) is 4.64. The van der Waals surface area contributed by atoms with Gasteiger partial charge in [0.05, 0.1) is 5.52 Å². The SMILES string of the molecule is C=CCNC(=S)N=Nc1c(O)n(CCN(CC)CC)c2ccccc12. The van der Waals surface area contributed by atoms with Crippen molar-refractivity contribution in [2.75, 3.05) is 26.2 Å². The zero-order chi connectivity index (χ0) is 18.2. The van der Waals surface area contributed by atoms with Crippen LogP contribution in [0, 0.1) is 0 Å². The van der Waals surface area contributed by atoms with Gasteiger partial charge in [-0.05, 0) is 31.4 Å². The van der Waals surface area contributed by atoms with Crippen molar-refractivity contribution in [1.29, 1.82) is 0 Å². The number of rotatable bonds is 8. The van der Waals surface area contributed by atoms with Crippen LogP contribution in [0.5, 0.6) is 5.88 Å². The molecule has 0 atom stereocenters. The van der Waals surface area contributed by atoms with E-state index in [1.54, 1.807) is 6.08 Å². The fourth-order valence-corrected chi connectivity index (χ4v) is 2.79. The standard InChI is InChI=1S/C18H25N5OS/c1-4-11-19-18(25)21-20-16-14-9-7-8-10-15(14)23(17(16)24)13-12-22(5-2)6-3/h4,7-10,24H,1,5-6,11-13H2,2-3H3,(H,19,25). The molecular formula is C18H25N5OS. The molecule has 2 aromatic rings. The lowest BCUT2D eigenvalue weighted by Crippen LogP contribution is -2.26. The normalized spacial score (nSPS) is 11.5. The molecule has 2 N–H and O–H groups in total. The van der Waals surface area contributed by atoms with Gasteiger partial charge in [0.2, 0.25) is 11.0 Å². The van der Waals surface area contributed by atoms with Crippen molar-refractivity contribution < 1.29 is 5.11 Å². The van der Waals surface area contributed by atoms with Crippen LogP contribution < -0.4 is 5.32 Å². The van der Waals surface area contributed by atoms with E-state index < -0.39 is 0 Å². The topological polar surface area (TPSA) is 65.2 Å². The molecule has 0 spiro atoms. The molecule has 0 saturated heterocycles. The van der Waals surface area contributed by atoms with Gasteiger partial charge in [-0.15, -0.1) is 16.8 Å². The lowest BCUT2D eigenvalue weighted by atomic mass is 10.2. The molecule has 1 heterocycles. The molecule has 0 aliphatic carbocycles. The summed E-state index contributed by atoms with van der Waals surface area (Å²) in [4.78, 5) is 2.31. The molecule has 0 amide bonds. The zero-order valence-electron chi connectivity index (χ0n) is 14.8. The molecule has 7 heteroatoms. The minimum absolute atomic E-state index is 0.114. The van der Waals surface area contributed by atoms with E-state index in [9.17, 15) is 5.11 Å². The Balaban J connectivity index is 2.31. The first-order valence-corrected chi connectivity index (χ1v) is 8.86. The zero-order valence-corrected chi connectivity index (χ0v) is 15.6. The van der Waals surface area contributed by atoms with Crippen LogP contribution >= 0.6 is 12.2 Å². The number of hydrogen-bond acceptors (Lipinski definition) is 4.